The molecule has 1 fully saturated rings. The summed E-state index contributed by atoms with van der Waals surface area (Å²) in [6.07, 6.45) is 4.06. The quantitative estimate of drug-likeness (QED) is 0.503. The van der Waals surface area contributed by atoms with Crippen LogP contribution in [0, 0.1) is 11.3 Å². The SMILES string of the molecule is N#CCC1(NC(=O)c2cn[nH]c2Nc2ccc(S(=O)(=O)C(F)F)cc2)CCC(N)CC1. The number of carbonyl (C=O) groups excluding carboxylic acids is 1. The second kappa shape index (κ2) is 8.99. The van der Waals surface area contributed by atoms with Gasteiger partial charge in [-0.3, -0.25) is 9.89 Å². The molecule has 1 heterocycles. The van der Waals surface area contributed by atoms with Crippen LogP contribution in [-0.4, -0.2) is 41.9 Å². The van der Waals surface area contributed by atoms with Gasteiger partial charge in [0.05, 0.1) is 29.1 Å². The fraction of sp³-hybridized carbons (Fsp3) is 0.421. The summed E-state index contributed by atoms with van der Waals surface area (Å²) in [5.74, 6) is -3.70. The first-order valence-corrected chi connectivity index (χ1v) is 11.1. The molecule has 5 N–H and O–H groups in total. The van der Waals surface area contributed by atoms with E-state index in [1.54, 1.807) is 0 Å². The van der Waals surface area contributed by atoms with Crippen LogP contribution in [0.2, 0.25) is 0 Å². The number of amides is 1. The van der Waals surface area contributed by atoms with Crippen LogP contribution in [0.3, 0.4) is 0 Å². The van der Waals surface area contributed by atoms with Crippen molar-refractivity contribution < 1.29 is 22.0 Å². The molecule has 0 spiro atoms. The summed E-state index contributed by atoms with van der Waals surface area (Å²) in [7, 11) is -4.69. The van der Waals surface area contributed by atoms with Gasteiger partial charge in [0.2, 0.25) is 9.84 Å². The number of sulfone groups is 1. The van der Waals surface area contributed by atoms with Gasteiger partial charge in [0, 0.05) is 11.7 Å². The van der Waals surface area contributed by atoms with E-state index in [9.17, 15) is 27.3 Å². The lowest BCUT2D eigenvalue weighted by Crippen LogP contribution is -2.52. The number of aromatic nitrogens is 2. The minimum atomic E-state index is -4.69. The third-order valence-electron chi connectivity index (χ3n) is 5.35. The maximum absolute atomic E-state index is 12.9. The number of hydrogen-bond donors (Lipinski definition) is 4. The lowest BCUT2D eigenvalue weighted by molar-refractivity contribution is 0.0867. The maximum atomic E-state index is 12.9. The number of nitrogens with zero attached hydrogens (tertiary/aromatic N) is 2. The van der Waals surface area contributed by atoms with Gasteiger partial charge in [0.15, 0.2) is 0 Å². The highest BCUT2D eigenvalue weighted by atomic mass is 32.2. The van der Waals surface area contributed by atoms with Gasteiger partial charge in [-0.25, -0.2) is 8.42 Å². The van der Waals surface area contributed by atoms with Gasteiger partial charge < -0.3 is 16.4 Å². The zero-order chi connectivity index (χ0) is 22.6. The lowest BCUT2D eigenvalue weighted by Gasteiger charge is -2.38. The number of alkyl halides is 2. The monoisotopic (exact) mass is 452 g/mol. The highest BCUT2D eigenvalue weighted by Crippen LogP contribution is 2.31. The molecule has 1 aromatic carbocycles. The number of anilines is 2. The highest BCUT2D eigenvalue weighted by Gasteiger charge is 2.36. The topological polar surface area (TPSA) is 154 Å². The van der Waals surface area contributed by atoms with E-state index < -0.39 is 31.9 Å². The van der Waals surface area contributed by atoms with Gasteiger partial charge in [-0.2, -0.15) is 19.1 Å². The molecule has 0 bridgehead atoms. The molecule has 0 atom stereocenters. The first-order valence-electron chi connectivity index (χ1n) is 9.54. The number of nitrogens with one attached hydrogen (secondary N) is 3. The average Bonchev–Trinajstić information content (AvgIpc) is 3.19. The van der Waals surface area contributed by atoms with Crippen LogP contribution >= 0.6 is 0 Å². The van der Waals surface area contributed by atoms with Crippen molar-refractivity contribution in [1.29, 1.82) is 5.26 Å². The average molecular weight is 452 g/mol. The Kier molecular flexibility index (Phi) is 6.56. The smallest absolute Gasteiger partial charge is 0.341 e. The molecule has 0 aliphatic heterocycles. The number of benzene rings is 1. The molecule has 2 aromatic rings. The number of nitrogens with two attached hydrogens (primary N) is 1. The normalized spacial score (nSPS) is 21.5. The number of rotatable bonds is 7. The molecule has 3 rings (SSSR count). The molecule has 1 aliphatic rings. The molecular weight excluding hydrogens is 430 g/mol. The van der Waals surface area contributed by atoms with E-state index >= 15 is 0 Å². The number of carbonyl (C=O) groups is 1. The first-order chi connectivity index (χ1) is 14.7. The van der Waals surface area contributed by atoms with Gasteiger partial charge in [0.25, 0.3) is 5.91 Å². The summed E-state index contributed by atoms with van der Waals surface area (Å²) in [5.41, 5.74) is 5.83. The Hall–Kier alpha value is -3.04. The summed E-state index contributed by atoms with van der Waals surface area (Å²) in [6.45, 7) is 0. The standard InChI is InChI=1S/C19H22F2N6O3S/c20-18(21)31(29,30)14-3-1-13(2-4-14)25-16-15(11-24-27-16)17(28)26-19(9-10-22)7-5-12(23)6-8-19/h1-4,11-12,18H,5-9,23H2,(H,26,28)(H2,24,25,27). The van der Waals surface area contributed by atoms with Crippen LogP contribution in [0.1, 0.15) is 42.5 Å². The minimum absolute atomic E-state index is 0.0479. The van der Waals surface area contributed by atoms with Crippen molar-refractivity contribution in [2.24, 2.45) is 5.73 Å². The minimum Gasteiger partial charge on any atom is -0.345 e. The highest BCUT2D eigenvalue weighted by molar-refractivity contribution is 7.91. The van der Waals surface area contributed by atoms with Crippen LogP contribution in [0.4, 0.5) is 20.3 Å². The molecule has 1 amide bonds. The van der Waals surface area contributed by atoms with Crippen LogP contribution in [-0.2, 0) is 9.84 Å². The van der Waals surface area contributed by atoms with Crippen molar-refractivity contribution in [3.63, 3.8) is 0 Å². The fourth-order valence-corrected chi connectivity index (χ4v) is 4.25. The number of H-pyrrole nitrogens is 1. The predicted octanol–water partition coefficient (Wildman–Crippen LogP) is 2.43. The molecule has 1 aliphatic carbocycles. The molecule has 9 nitrogen and oxygen atoms in total. The van der Waals surface area contributed by atoms with Crippen molar-refractivity contribution in [3.05, 3.63) is 36.0 Å². The molecule has 166 valence electrons. The number of hydrogen-bond acceptors (Lipinski definition) is 7. The molecular formula is C19H22F2N6O3S. The fourth-order valence-electron chi connectivity index (χ4n) is 3.53. The summed E-state index contributed by atoms with van der Waals surface area (Å²) >= 11 is 0. The van der Waals surface area contributed by atoms with Crippen LogP contribution in [0.15, 0.2) is 35.4 Å². The summed E-state index contributed by atoms with van der Waals surface area (Å²) in [4.78, 5) is 12.4. The molecule has 1 saturated carbocycles. The van der Waals surface area contributed by atoms with Gasteiger partial charge in [-0.15, -0.1) is 0 Å². The Morgan fingerprint density at radius 1 is 1.32 bits per heavy atom. The number of aromatic amines is 1. The Balaban J connectivity index is 1.75. The summed E-state index contributed by atoms with van der Waals surface area (Å²) in [6, 6.07) is 6.88. The molecule has 0 radical (unpaired) electrons. The Bertz CT molecular complexity index is 1070. The van der Waals surface area contributed by atoms with Crippen LogP contribution < -0.4 is 16.4 Å². The van der Waals surface area contributed by atoms with E-state index in [0.29, 0.717) is 31.4 Å². The maximum Gasteiger partial charge on any atom is 0.341 e. The lowest BCUT2D eigenvalue weighted by atomic mass is 9.77. The summed E-state index contributed by atoms with van der Waals surface area (Å²) in [5, 5.41) is 21.5. The van der Waals surface area contributed by atoms with Crippen molar-refractivity contribution in [1.82, 2.24) is 15.5 Å². The van der Waals surface area contributed by atoms with Crippen LogP contribution in [0.5, 0.6) is 0 Å². The Morgan fingerprint density at radius 3 is 2.55 bits per heavy atom. The van der Waals surface area contributed by atoms with Crippen molar-refractivity contribution in [2.45, 2.75) is 54.3 Å². The predicted molar refractivity (Wildman–Crippen MR) is 108 cm³/mol. The van der Waals surface area contributed by atoms with Gasteiger partial charge in [0.1, 0.15) is 11.4 Å². The largest absolute Gasteiger partial charge is 0.345 e. The van der Waals surface area contributed by atoms with Crippen molar-refractivity contribution in [2.75, 3.05) is 5.32 Å². The van der Waals surface area contributed by atoms with Crippen molar-refractivity contribution >= 4 is 27.2 Å². The van der Waals surface area contributed by atoms with E-state index in [1.807, 2.05) is 0 Å². The van der Waals surface area contributed by atoms with Crippen molar-refractivity contribution in [3.8, 4) is 6.07 Å². The number of nitriles is 1. The van der Waals surface area contributed by atoms with E-state index in [-0.39, 0.29) is 23.8 Å². The molecule has 31 heavy (non-hydrogen) atoms. The van der Waals surface area contributed by atoms with E-state index in [2.05, 4.69) is 26.9 Å². The van der Waals surface area contributed by atoms with E-state index in [4.69, 9.17) is 5.73 Å². The van der Waals surface area contributed by atoms with Gasteiger partial charge in [-0.1, -0.05) is 0 Å². The molecule has 12 heteroatoms. The third-order valence-corrected chi connectivity index (χ3v) is 6.75. The van der Waals surface area contributed by atoms with E-state index in [1.165, 1.54) is 18.3 Å². The summed E-state index contributed by atoms with van der Waals surface area (Å²) < 4.78 is 48.4. The van der Waals surface area contributed by atoms with Gasteiger partial charge >= 0.3 is 5.76 Å². The molecule has 1 aromatic heterocycles. The molecule has 0 saturated heterocycles. The second-order valence-corrected chi connectivity index (χ2v) is 9.44. The zero-order valence-electron chi connectivity index (χ0n) is 16.4. The van der Waals surface area contributed by atoms with Gasteiger partial charge in [-0.05, 0) is 49.9 Å². The zero-order valence-corrected chi connectivity index (χ0v) is 17.3. The first kappa shape index (κ1) is 22.6. The molecule has 0 unspecified atom stereocenters. The third kappa shape index (κ3) is 5.00. The van der Waals surface area contributed by atoms with E-state index in [0.717, 1.165) is 12.1 Å². The Labute approximate surface area is 177 Å². The number of halogens is 2. The second-order valence-electron chi connectivity index (χ2n) is 7.52. The van der Waals surface area contributed by atoms with Crippen LogP contribution in [0.25, 0.3) is 0 Å². The Morgan fingerprint density at radius 2 is 1.97 bits per heavy atom.